The summed E-state index contributed by atoms with van der Waals surface area (Å²) in [6.45, 7) is 21.6. The highest BCUT2D eigenvalue weighted by Gasteiger charge is 2.63. The number of ether oxygens (including phenoxy) is 12. The van der Waals surface area contributed by atoms with E-state index >= 15 is 0 Å². The first-order chi connectivity index (χ1) is 39.2. The molecule has 0 aromatic carbocycles. The minimum absolute atomic E-state index is 0. The first kappa shape index (κ1) is 83.1. The van der Waals surface area contributed by atoms with Gasteiger partial charge in [0, 0.05) is 24.0 Å². The molecule has 7 aliphatic rings. The lowest BCUT2D eigenvalue weighted by Gasteiger charge is -2.34. The van der Waals surface area contributed by atoms with Crippen LogP contribution in [0.2, 0.25) is 0 Å². The number of rotatable bonds is 26. The van der Waals surface area contributed by atoms with Crippen LogP contribution in [0.5, 0.6) is 0 Å². The monoisotopic (exact) mass is 1300 g/mol. The highest BCUT2D eigenvalue weighted by atomic mass is 31.2. The minimum Gasteiger partial charge on any atom is -0.870 e. The standard InChI is InChI=1S/C16H29B2O10P.C16H29B2O8P.C8H14BO7P.C8H15BO3.2H2O/c1-8(2)23-6-12-14(16(19,20)15(18)27-12)28-29(21,22)24-7-11-10(25-9(3)4)5-13(17)26-11;1-9(2)21-7-13-12(6-16(18)24-13)26-27(19,20)22-8-14-11(23-10(3)4)5-15(17)25-14;1-4(2)13-3-5-6-8(10,7(9)14-5)16-17(11,12)15-6;1-5(2)11-6-3-8(9)12-7(6)4-10;;/h8-15,19-20H,5-7H2,1-4H3,(H,21,22);9-16H,5-8H2,1-4H3,(H,19,20);4-7,10H,3H2,1-2H3,(H,11,12);5-8,10H,3-4H2,1-2H3;2*1H2/p-5/t10-,11-,12-,13-,14+,15-;11-,12-,13-,14-,15-,16-;5-,6+,7-,8?;6-,7-,8-;;/m1111../s1. The van der Waals surface area contributed by atoms with Crippen LogP contribution in [0.15, 0.2) is 0 Å². The summed E-state index contributed by atoms with van der Waals surface area (Å²) in [5.74, 6) is -4.92. The number of hydrogen-bond acceptors (Lipinski definition) is 30. The Labute approximate surface area is 518 Å². The van der Waals surface area contributed by atoms with E-state index in [0.29, 0.717) is 19.3 Å². The van der Waals surface area contributed by atoms with Crippen molar-refractivity contribution in [2.45, 2.75) is 266 Å². The molecule has 7 rings (SSSR count). The number of fused-ring (bicyclic) bond motifs is 1. The lowest BCUT2D eigenvalue weighted by atomic mass is 9.90. The molecule has 7 fully saturated rings. The Morgan fingerprint density at radius 2 is 0.851 bits per heavy atom. The van der Waals surface area contributed by atoms with E-state index in [1.807, 2.05) is 69.2 Å². The second-order valence-electron chi connectivity index (χ2n) is 22.7. The zero-order valence-corrected chi connectivity index (χ0v) is 53.9. The summed E-state index contributed by atoms with van der Waals surface area (Å²) in [4.78, 5) is 35.7. The quantitative estimate of drug-likeness (QED) is 0.0420. The molecule has 0 bridgehead atoms. The first-order valence-corrected chi connectivity index (χ1v) is 32.7. The molecule has 12 radical (unpaired) electrons. The van der Waals surface area contributed by atoms with Gasteiger partial charge in [0.25, 0.3) is 23.5 Å². The molecule has 0 spiro atoms. The van der Waals surface area contributed by atoms with Crippen molar-refractivity contribution in [3.8, 4) is 0 Å². The Kier molecular flexibility index (Phi) is 35.1. The maximum absolute atomic E-state index is 12.3. The van der Waals surface area contributed by atoms with Crippen molar-refractivity contribution in [2.24, 2.45) is 0 Å². The molecule has 39 heteroatoms. The van der Waals surface area contributed by atoms with Crippen LogP contribution in [0, 0.1) is 0 Å². The molecule has 7 heterocycles. The van der Waals surface area contributed by atoms with Gasteiger partial charge < -0.3 is 126 Å². The van der Waals surface area contributed by atoms with Gasteiger partial charge in [-0.2, -0.15) is 0 Å². The van der Waals surface area contributed by atoms with E-state index in [-0.39, 0.29) is 111 Å². The van der Waals surface area contributed by atoms with E-state index in [1.54, 1.807) is 13.8 Å². The van der Waals surface area contributed by atoms with E-state index in [2.05, 4.69) is 9.05 Å². The summed E-state index contributed by atoms with van der Waals surface area (Å²) in [6.07, 6.45) is -7.17. The smallest absolute Gasteiger partial charge is 0.271 e. The Hall–Kier alpha value is -0.000390. The van der Waals surface area contributed by atoms with Gasteiger partial charge in [-0.15, -0.1) is 0 Å². The highest BCUT2D eigenvalue weighted by molar-refractivity contribution is 7.46. The second kappa shape index (κ2) is 36.8. The van der Waals surface area contributed by atoms with Gasteiger partial charge in [-0.3, -0.25) is 18.2 Å². The van der Waals surface area contributed by atoms with Crippen molar-refractivity contribution in [3.05, 3.63) is 0 Å². The van der Waals surface area contributed by atoms with E-state index in [1.165, 1.54) is 0 Å². The summed E-state index contributed by atoms with van der Waals surface area (Å²) >= 11 is 0. The van der Waals surface area contributed by atoms with Crippen LogP contribution in [0.3, 0.4) is 0 Å². The number of aliphatic hydroxyl groups excluding tert-OH is 1. The van der Waals surface area contributed by atoms with Gasteiger partial charge in [-0.1, -0.05) is 0 Å². The maximum atomic E-state index is 12.3. The molecule has 0 saturated carbocycles. The van der Waals surface area contributed by atoms with E-state index in [4.69, 9.17) is 127 Å². The van der Waals surface area contributed by atoms with E-state index in [0.717, 1.165) is 0 Å². The predicted molar refractivity (Wildman–Crippen MR) is 302 cm³/mol. The fourth-order valence-electron chi connectivity index (χ4n) is 9.31. The normalized spacial score (nSPS) is 38.3. The summed E-state index contributed by atoms with van der Waals surface area (Å²) in [5, 5.41) is 39.1. The third kappa shape index (κ3) is 27.0. The van der Waals surface area contributed by atoms with Crippen molar-refractivity contribution in [2.75, 3.05) is 39.6 Å². The molecule has 4 unspecified atom stereocenters. The van der Waals surface area contributed by atoms with Crippen LogP contribution in [0.1, 0.15) is 109 Å². The molecule has 6 N–H and O–H groups in total. The van der Waals surface area contributed by atoms with Crippen molar-refractivity contribution >= 4 is 70.5 Å². The SMILES string of the molecule is [B][C@@H]1O[C@H](COC(C)C)[C@@H]2OP(=O)([O-])OC12O.[B][C@@H]1O[C@H](COC(C)C)[C@H](OP(=O)([O-])OC[C@H]2O[C@@H]([B])C[C@H]2OC(C)C)C1(O)O.[B][C@H]1C[C@@H](OC(C)C)[C@@H](CO)O1.[B][C@H]1C[C@@H](OC(C)C)[C@@H](COP(=O)([O-])O[C@@H]2C[C@H]([B])O[C@@H]2COC(C)C)O1.[OH-].[OH-]. The lowest BCUT2D eigenvalue weighted by molar-refractivity contribution is -0.259. The molecule has 0 amide bonds. The Morgan fingerprint density at radius 1 is 0.506 bits per heavy atom. The predicted octanol–water partition coefficient (Wildman–Crippen LogP) is -1.85. The van der Waals surface area contributed by atoms with Gasteiger partial charge in [0.2, 0.25) is 11.6 Å². The van der Waals surface area contributed by atoms with Crippen LogP contribution in [-0.2, 0) is 97.7 Å². The van der Waals surface area contributed by atoms with Crippen LogP contribution in [0.25, 0.3) is 0 Å². The van der Waals surface area contributed by atoms with Crippen LogP contribution in [0.4, 0.5) is 0 Å². The van der Waals surface area contributed by atoms with E-state index < -0.39 is 127 Å². The topological polar surface area (TPSA) is 427 Å². The van der Waals surface area contributed by atoms with E-state index in [9.17, 15) is 43.7 Å². The molecule has 30 nitrogen and oxygen atoms in total. The van der Waals surface area contributed by atoms with Gasteiger partial charge in [0.15, 0.2) is 6.10 Å². The van der Waals surface area contributed by atoms with Crippen molar-refractivity contribution in [1.82, 2.24) is 0 Å². The van der Waals surface area contributed by atoms with Crippen LogP contribution >= 0.6 is 23.5 Å². The Balaban J connectivity index is 0.000000411. The molecular formula is C48H86B6O30P3-5. The third-order valence-electron chi connectivity index (χ3n) is 13.0. The largest absolute Gasteiger partial charge is 0.870 e. The summed E-state index contributed by atoms with van der Waals surface area (Å²) in [7, 11) is 19.7. The lowest BCUT2D eigenvalue weighted by Crippen LogP contribution is -2.50. The molecule has 7 saturated heterocycles. The maximum Gasteiger partial charge on any atom is 0.271 e. The van der Waals surface area contributed by atoms with Gasteiger partial charge in [-0.25, -0.2) is 0 Å². The molecule has 7 aliphatic heterocycles. The second-order valence-corrected chi connectivity index (χ2v) is 26.8. The Bertz CT molecular complexity index is 2120. The highest BCUT2D eigenvalue weighted by Crippen LogP contribution is 2.58. The Morgan fingerprint density at radius 3 is 1.25 bits per heavy atom. The molecule has 0 aliphatic carbocycles. The van der Waals surface area contributed by atoms with Crippen LogP contribution < -0.4 is 14.7 Å². The average Bonchev–Trinajstić information content (AvgIpc) is 1.69. The zero-order chi connectivity index (χ0) is 64.2. The molecule has 0 aromatic heterocycles. The molecule has 22 atom stereocenters. The van der Waals surface area contributed by atoms with Gasteiger partial charge in [0.05, 0.1) is 113 Å². The molecule has 496 valence electrons. The number of aliphatic hydroxyl groups is 4. The fourth-order valence-corrected chi connectivity index (χ4v) is 12.4. The number of phosphoric ester groups is 3. The first-order valence-electron chi connectivity index (χ1n) is 28.3. The van der Waals surface area contributed by atoms with Gasteiger partial charge in [-0.05, 0) is 109 Å². The molecule has 87 heavy (non-hydrogen) atoms. The van der Waals surface area contributed by atoms with Crippen molar-refractivity contribution < 1.29 is 144 Å². The average molecular weight is 1300 g/mol. The van der Waals surface area contributed by atoms with Gasteiger partial charge in [0.1, 0.15) is 89.8 Å². The van der Waals surface area contributed by atoms with Gasteiger partial charge >= 0.3 is 0 Å². The number of phosphoric acid groups is 3. The fraction of sp³-hybridized carbons (Fsp3) is 1.00. The summed E-state index contributed by atoms with van der Waals surface area (Å²) in [6, 6.07) is -4.92. The zero-order valence-electron chi connectivity index (χ0n) is 51.2. The third-order valence-corrected chi connectivity index (χ3v) is 15.9. The molecular weight excluding hydrogens is 1210 g/mol. The summed E-state index contributed by atoms with van der Waals surface area (Å²) < 4.78 is 130. The number of hydrogen-bond donors (Lipinski definition) is 4. The van der Waals surface area contributed by atoms with Crippen molar-refractivity contribution in [1.29, 1.82) is 0 Å². The minimum atomic E-state index is -5.00. The van der Waals surface area contributed by atoms with Crippen molar-refractivity contribution in [3.63, 3.8) is 0 Å². The molecule has 0 aromatic rings. The summed E-state index contributed by atoms with van der Waals surface area (Å²) in [5.41, 5.74) is 0. The van der Waals surface area contributed by atoms with Crippen LogP contribution in [-0.4, -0.2) is 276 Å².